The molecule has 13 heteroatoms. The maximum Gasteiger partial charge on any atom is 0.356 e. The van der Waals surface area contributed by atoms with Crippen LogP contribution in [0.5, 0.6) is 0 Å². The smallest absolute Gasteiger partial charge is 0.356 e. The Balaban J connectivity index is 1.50. The van der Waals surface area contributed by atoms with Gasteiger partial charge in [0.1, 0.15) is 23.9 Å². The standard InChI is InChI=1S/C50H58NO8PS2Si/c1-9-32-57-49(54)48(60(36-23-13-10-14-24-36,37-25-15-11-16-26-37)38-27-17-12-18-28-38)51-44(43(47(51)53)34(2)59-63(7,8)50(3,4)5)39-29-21-30-40(45(39)52)46(58-62(6,55)56)42-33-35-22-19-20-31-41(35)61-42/h9-20,22-28,31,33-34,39-40,43-44,46H,1,21,29-30,32H2,2-8H3/t34-,39-,40?,43-,44-,46?/m1/s1. The fraction of sp³-hybridized carbons (Fsp3) is 0.360. The van der Waals surface area contributed by atoms with Gasteiger partial charge in [-0.2, -0.15) is 8.42 Å². The lowest BCUT2D eigenvalue weighted by molar-refractivity contribution is -0.164. The minimum Gasteiger partial charge on any atom is -0.457 e. The van der Waals surface area contributed by atoms with Crippen molar-refractivity contribution in [3.8, 4) is 0 Å². The van der Waals surface area contributed by atoms with Crippen molar-refractivity contribution in [1.29, 1.82) is 0 Å². The first-order valence-electron chi connectivity index (χ1n) is 21.5. The van der Waals surface area contributed by atoms with Crippen molar-refractivity contribution < 1.29 is 36.1 Å². The molecule has 7 rings (SSSR count). The highest BCUT2D eigenvalue weighted by Crippen LogP contribution is 2.53. The summed E-state index contributed by atoms with van der Waals surface area (Å²) < 4.78 is 46.0. The molecule has 332 valence electrons. The van der Waals surface area contributed by atoms with E-state index in [2.05, 4.69) is 40.4 Å². The third-order valence-corrected chi connectivity index (χ3v) is 23.6. The van der Waals surface area contributed by atoms with Gasteiger partial charge in [-0.25, -0.2) is 4.79 Å². The zero-order valence-corrected chi connectivity index (χ0v) is 40.6. The molecule has 0 radical (unpaired) electrons. The number of carbonyl (C=O) groups is 3. The van der Waals surface area contributed by atoms with Gasteiger partial charge in [0.2, 0.25) is 5.91 Å². The second kappa shape index (κ2) is 18.6. The van der Waals surface area contributed by atoms with Crippen LogP contribution in [0.25, 0.3) is 10.1 Å². The third-order valence-electron chi connectivity index (χ3n) is 13.0. The second-order valence-electron chi connectivity index (χ2n) is 18.1. The first-order chi connectivity index (χ1) is 29.9. The van der Waals surface area contributed by atoms with Crippen molar-refractivity contribution in [2.75, 3.05) is 12.9 Å². The van der Waals surface area contributed by atoms with Crippen molar-refractivity contribution in [3.63, 3.8) is 0 Å². The summed E-state index contributed by atoms with van der Waals surface area (Å²) in [5.41, 5.74) is 0.169. The Morgan fingerprint density at radius 2 is 1.43 bits per heavy atom. The maximum atomic E-state index is 15.6. The van der Waals surface area contributed by atoms with Gasteiger partial charge in [-0.05, 0) is 71.3 Å². The van der Waals surface area contributed by atoms with Crippen LogP contribution in [-0.2, 0) is 37.8 Å². The average molecular weight is 924 g/mol. The number of carbonyl (C=O) groups excluding carboxylic acids is 3. The number of hydrogen-bond donors (Lipinski definition) is 0. The molecule has 1 saturated heterocycles. The number of rotatable bonds is 15. The van der Waals surface area contributed by atoms with Crippen LogP contribution >= 0.6 is 18.2 Å². The summed E-state index contributed by atoms with van der Waals surface area (Å²) in [4.78, 5) is 48.8. The van der Waals surface area contributed by atoms with E-state index >= 15 is 14.4 Å². The number of ketones is 1. The van der Waals surface area contributed by atoms with E-state index in [1.54, 1.807) is 4.90 Å². The second-order valence-corrected chi connectivity index (χ2v) is 28.9. The van der Waals surface area contributed by atoms with E-state index in [9.17, 15) is 8.42 Å². The van der Waals surface area contributed by atoms with Crippen LogP contribution in [0, 0.1) is 17.8 Å². The molecule has 2 heterocycles. The van der Waals surface area contributed by atoms with Gasteiger partial charge in [0.05, 0.1) is 30.2 Å². The SMILES string of the molecule is C=CCOC(=O)C(N1C(=O)[C@H]([C@@H](C)O[Si](C)(C)C(C)(C)C)[C@H]1[C@H]1CCCC(C(OS(C)(=O)=O)c2cc3ccccc3s2)C1=O)=P(c1ccccc1)(c1ccccc1)c1ccccc1. The molecular weight excluding hydrogens is 866 g/mol. The van der Waals surface area contributed by atoms with Crippen LogP contribution in [0.4, 0.5) is 0 Å². The van der Waals surface area contributed by atoms with Crippen LogP contribution in [0.2, 0.25) is 18.1 Å². The van der Waals surface area contributed by atoms with Gasteiger partial charge in [0.25, 0.3) is 10.1 Å². The first-order valence-corrected chi connectivity index (χ1v) is 28.9. The molecule has 9 nitrogen and oxygen atoms in total. The number of Topliss-reactive ketones (excluding diaryl/α,β-unsaturated/α-hetero) is 1. The van der Waals surface area contributed by atoms with E-state index in [1.165, 1.54) is 17.4 Å². The number of ether oxygens (including phenoxy) is 1. The molecule has 1 amide bonds. The van der Waals surface area contributed by atoms with Crippen molar-refractivity contribution in [1.82, 2.24) is 4.90 Å². The lowest BCUT2D eigenvalue weighted by atomic mass is 9.66. The zero-order chi connectivity index (χ0) is 45.3. The maximum absolute atomic E-state index is 15.6. The molecule has 63 heavy (non-hydrogen) atoms. The molecule has 1 aliphatic heterocycles. The molecule has 0 bridgehead atoms. The van der Waals surface area contributed by atoms with Crippen LogP contribution in [0.15, 0.2) is 134 Å². The Labute approximate surface area is 377 Å². The van der Waals surface area contributed by atoms with Crippen LogP contribution in [-0.4, -0.2) is 69.7 Å². The lowest BCUT2D eigenvalue weighted by Crippen LogP contribution is -2.72. The molecule has 6 atom stereocenters. The Morgan fingerprint density at radius 1 is 0.889 bits per heavy atom. The first kappa shape index (κ1) is 46.6. The molecule has 2 unspecified atom stereocenters. The van der Waals surface area contributed by atoms with Gasteiger partial charge in [0.15, 0.2) is 8.32 Å². The Hall–Kier alpha value is -4.42. The van der Waals surface area contributed by atoms with E-state index in [4.69, 9.17) is 13.3 Å². The monoisotopic (exact) mass is 923 g/mol. The Bertz CT molecular complexity index is 2510. The van der Waals surface area contributed by atoms with Crippen molar-refractivity contribution in [2.24, 2.45) is 17.8 Å². The minimum absolute atomic E-state index is 0.105. The topological polar surface area (TPSA) is 116 Å². The third kappa shape index (κ3) is 9.13. The zero-order valence-electron chi connectivity index (χ0n) is 37.1. The predicted molar refractivity (Wildman–Crippen MR) is 260 cm³/mol. The van der Waals surface area contributed by atoms with Crippen LogP contribution in [0.1, 0.15) is 57.9 Å². The Kier molecular flexibility index (Phi) is 13.7. The number of nitrogens with zero attached hydrogens (tertiary/aromatic N) is 1. The van der Waals surface area contributed by atoms with Gasteiger partial charge in [0, 0.05) is 22.4 Å². The average Bonchev–Trinajstić information content (AvgIpc) is 3.69. The Morgan fingerprint density at radius 3 is 1.94 bits per heavy atom. The molecular formula is C50H58NO8PS2Si. The normalized spacial score (nSPS) is 20.8. The highest BCUT2D eigenvalue weighted by molar-refractivity contribution is 7.96. The summed E-state index contributed by atoms with van der Waals surface area (Å²) >= 11 is 1.41. The van der Waals surface area contributed by atoms with Gasteiger partial charge in [-0.15, -0.1) is 11.3 Å². The van der Waals surface area contributed by atoms with E-state index in [1.807, 2.05) is 128 Å². The number of amides is 1. The van der Waals surface area contributed by atoms with E-state index in [0.717, 1.165) is 32.3 Å². The minimum atomic E-state index is -4.03. The molecule has 2 fully saturated rings. The number of thiophene rings is 1. The summed E-state index contributed by atoms with van der Waals surface area (Å²) in [6, 6.07) is 38.1. The molecule has 1 saturated carbocycles. The summed E-state index contributed by atoms with van der Waals surface area (Å²) in [7, 11) is -6.51. The van der Waals surface area contributed by atoms with Crippen LogP contribution in [0.3, 0.4) is 0 Å². The lowest BCUT2D eigenvalue weighted by Gasteiger charge is -2.56. The van der Waals surface area contributed by atoms with Gasteiger partial charge in [-0.1, -0.05) is 149 Å². The number of hydrogen-bond acceptors (Lipinski definition) is 9. The van der Waals surface area contributed by atoms with Crippen molar-refractivity contribution >= 4 is 85.7 Å². The summed E-state index contributed by atoms with van der Waals surface area (Å²) in [6.45, 7) is 13.0. The summed E-state index contributed by atoms with van der Waals surface area (Å²) in [6.07, 6.45) is 2.16. The molecule has 1 aliphatic carbocycles. The van der Waals surface area contributed by atoms with E-state index in [-0.39, 0.29) is 28.8 Å². The predicted octanol–water partition coefficient (Wildman–Crippen LogP) is 8.99. The fourth-order valence-corrected chi connectivity index (χ4v) is 16.8. The summed E-state index contributed by atoms with van der Waals surface area (Å²) in [5, 5.41) is 3.22. The van der Waals surface area contributed by atoms with Crippen molar-refractivity contribution in [3.05, 3.63) is 139 Å². The molecule has 4 aromatic carbocycles. The molecule has 0 N–H and O–H groups in total. The number of esters is 1. The van der Waals surface area contributed by atoms with E-state index < -0.39 is 67.3 Å². The number of β-lactam (4-membered cyclic amide) rings is 1. The largest absolute Gasteiger partial charge is 0.457 e. The quantitative estimate of drug-likeness (QED) is 0.0255. The van der Waals surface area contributed by atoms with Gasteiger partial charge >= 0.3 is 5.97 Å². The van der Waals surface area contributed by atoms with Crippen molar-refractivity contribution in [2.45, 2.75) is 83.3 Å². The van der Waals surface area contributed by atoms with Crippen LogP contribution < -0.4 is 15.9 Å². The fourth-order valence-electron chi connectivity index (χ4n) is 9.17. The number of fused-ring (bicyclic) bond motifs is 1. The highest BCUT2D eigenvalue weighted by Gasteiger charge is 2.61. The summed E-state index contributed by atoms with van der Waals surface area (Å²) in [5.74, 6) is -3.68. The van der Waals surface area contributed by atoms with E-state index in [0.29, 0.717) is 24.1 Å². The number of likely N-dealkylation sites (tertiary alicyclic amines) is 1. The van der Waals surface area contributed by atoms with Gasteiger partial charge < -0.3 is 14.1 Å². The molecule has 2 aliphatic rings. The van der Waals surface area contributed by atoms with Gasteiger partial charge in [-0.3, -0.25) is 13.8 Å². The molecule has 0 spiro atoms. The highest BCUT2D eigenvalue weighted by atomic mass is 32.2. The molecule has 5 aromatic rings. The molecule has 1 aromatic heterocycles. The number of benzene rings is 4.